The van der Waals surface area contributed by atoms with E-state index in [-0.39, 0.29) is 11.4 Å². The lowest BCUT2D eigenvalue weighted by molar-refractivity contribution is 0.0882. The average molecular weight is 263 g/mol. The molecule has 1 saturated carbocycles. The van der Waals surface area contributed by atoms with E-state index >= 15 is 0 Å². The Morgan fingerprint density at radius 1 is 1.28 bits per heavy atom. The smallest absolute Gasteiger partial charge is 0.252 e. The Hall–Kier alpha value is -0.960. The van der Waals surface area contributed by atoms with Crippen LogP contribution < -0.4 is 5.32 Å². The van der Waals surface area contributed by atoms with Crippen LogP contribution in [0.1, 0.15) is 54.9 Å². The molecule has 0 radical (unpaired) electrons. The highest BCUT2D eigenvalue weighted by atomic mass is 32.1. The zero-order valence-electron chi connectivity index (χ0n) is 11.1. The van der Waals surface area contributed by atoms with Crippen LogP contribution in [0, 0.1) is 6.92 Å². The largest absolute Gasteiger partial charge is 0.347 e. The number of carbonyl (C=O) groups is 1. The molecule has 98 valence electrons. The maximum Gasteiger partial charge on any atom is 0.252 e. The van der Waals surface area contributed by atoms with Crippen LogP contribution in [-0.4, -0.2) is 11.4 Å². The molecule has 1 aliphatic carbocycles. The molecule has 3 heteroatoms. The van der Waals surface area contributed by atoms with E-state index in [9.17, 15) is 4.79 Å². The molecule has 1 aromatic carbocycles. The molecule has 2 nitrogen and oxygen atoms in total. The van der Waals surface area contributed by atoms with Gasteiger partial charge in [0.2, 0.25) is 0 Å². The molecular weight excluding hydrogens is 242 g/mol. The van der Waals surface area contributed by atoms with E-state index in [1.165, 1.54) is 19.3 Å². The Labute approximate surface area is 115 Å². The number of benzene rings is 1. The lowest BCUT2D eigenvalue weighted by Gasteiger charge is -2.34. The van der Waals surface area contributed by atoms with Gasteiger partial charge in [-0.3, -0.25) is 4.79 Å². The third-order valence-electron chi connectivity index (χ3n) is 3.84. The third-order valence-corrected chi connectivity index (χ3v) is 4.12. The van der Waals surface area contributed by atoms with Gasteiger partial charge in [0.25, 0.3) is 5.91 Å². The van der Waals surface area contributed by atoms with Crippen molar-refractivity contribution >= 4 is 18.5 Å². The molecule has 0 aliphatic heterocycles. The second kappa shape index (κ2) is 5.35. The van der Waals surface area contributed by atoms with Crippen LogP contribution in [-0.2, 0) is 0 Å². The highest BCUT2D eigenvalue weighted by Crippen LogP contribution is 2.28. The molecule has 18 heavy (non-hydrogen) atoms. The zero-order chi connectivity index (χ0) is 13.2. The Bertz CT molecular complexity index is 450. The van der Waals surface area contributed by atoms with Crippen molar-refractivity contribution in [2.45, 2.75) is 56.4 Å². The van der Waals surface area contributed by atoms with E-state index in [0.29, 0.717) is 0 Å². The summed E-state index contributed by atoms with van der Waals surface area (Å²) in [5.74, 6) is 0.0350. The summed E-state index contributed by atoms with van der Waals surface area (Å²) in [5.41, 5.74) is 1.72. The van der Waals surface area contributed by atoms with Gasteiger partial charge >= 0.3 is 0 Å². The van der Waals surface area contributed by atoms with Gasteiger partial charge in [0.1, 0.15) is 0 Å². The fourth-order valence-corrected chi connectivity index (χ4v) is 2.86. The molecule has 1 aromatic rings. The number of hydrogen-bond donors (Lipinski definition) is 2. The van der Waals surface area contributed by atoms with Crippen LogP contribution in [0.2, 0.25) is 0 Å². The molecule has 0 atom stereocenters. The minimum Gasteiger partial charge on any atom is -0.347 e. The maximum atomic E-state index is 12.3. The maximum absolute atomic E-state index is 12.3. The first-order chi connectivity index (χ1) is 8.50. The SMILES string of the molecule is Cc1ccc(S)cc1C(=O)NC1(C)CCCCC1. The molecule has 0 bridgehead atoms. The van der Waals surface area contributed by atoms with E-state index in [1.807, 2.05) is 25.1 Å². The van der Waals surface area contributed by atoms with Gasteiger partial charge in [-0.2, -0.15) is 0 Å². The first-order valence-electron chi connectivity index (χ1n) is 6.62. The number of thiol groups is 1. The lowest BCUT2D eigenvalue weighted by Crippen LogP contribution is -2.47. The fourth-order valence-electron chi connectivity index (χ4n) is 2.65. The van der Waals surface area contributed by atoms with Gasteiger partial charge in [0, 0.05) is 16.0 Å². The van der Waals surface area contributed by atoms with E-state index in [4.69, 9.17) is 0 Å². The van der Waals surface area contributed by atoms with Crippen LogP contribution in [0.3, 0.4) is 0 Å². The number of aryl methyl sites for hydroxylation is 1. The molecule has 1 aliphatic rings. The van der Waals surface area contributed by atoms with Crippen molar-refractivity contribution in [2.75, 3.05) is 0 Å². The molecule has 1 N–H and O–H groups in total. The summed E-state index contributed by atoms with van der Waals surface area (Å²) in [6.45, 7) is 4.12. The first-order valence-corrected chi connectivity index (χ1v) is 7.07. The molecule has 0 spiro atoms. The first kappa shape index (κ1) is 13.5. The second-order valence-electron chi connectivity index (χ2n) is 5.57. The van der Waals surface area contributed by atoms with Crippen molar-refractivity contribution in [2.24, 2.45) is 0 Å². The average Bonchev–Trinajstić information content (AvgIpc) is 2.32. The predicted molar refractivity (Wildman–Crippen MR) is 77.4 cm³/mol. The molecule has 2 rings (SSSR count). The van der Waals surface area contributed by atoms with Gasteiger partial charge < -0.3 is 5.32 Å². The number of hydrogen-bond acceptors (Lipinski definition) is 2. The third kappa shape index (κ3) is 3.08. The zero-order valence-corrected chi connectivity index (χ0v) is 12.0. The Morgan fingerprint density at radius 2 is 1.94 bits per heavy atom. The van der Waals surface area contributed by atoms with Gasteiger partial charge in [-0.05, 0) is 44.4 Å². The number of nitrogens with one attached hydrogen (secondary N) is 1. The quantitative estimate of drug-likeness (QED) is 0.782. The van der Waals surface area contributed by atoms with E-state index in [2.05, 4.69) is 24.9 Å². The molecule has 0 saturated heterocycles. The van der Waals surface area contributed by atoms with Crippen molar-refractivity contribution in [3.8, 4) is 0 Å². The van der Waals surface area contributed by atoms with Gasteiger partial charge in [-0.25, -0.2) is 0 Å². The predicted octanol–water partition coefficient (Wildman–Crippen LogP) is 3.74. The number of amides is 1. The normalized spacial score (nSPS) is 18.4. The summed E-state index contributed by atoms with van der Waals surface area (Å²) in [5, 5.41) is 3.21. The monoisotopic (exact) mass is 263 g/mol. The van der Waals surface area contributed by atoms with Gasteiger partial charge in [0.05, 0.1) is 0 Å². The van der Waals surface area contributed by atoms with Crippen molar-refractivity contribution < 1.29 is 4.79 Å². The topological polar surface area (TPSA) is 29.1 Å². The molecule has 1 amide bonds. The standard InChI is InChI=1S/C15H21NOS/c1-11-6-7-12(18)10-13(11)14(17)16-15(2)8-4-3-5-9-15/h6-7,10,18H,3-5,8-9H2,1-2H3,(H,16,17). The van der Waals surface area contributed by atoms with E-state index < -0.39 is 0 Å². The molecule has 0 unspecified atom stereocenters. The molecule has 0 heterocycles. The highest BCUT2D eigenvalue weighted by molar-refractivity contribution is 7.80. The molecule has 0 aromatic heterocycles. The number of carbonyl (C=O) groups excluding carboxylic acids is 1. The molecule has 1 fully saturated rings. The van der Waals surface area contributed by atoms with Crippen molar-refractivity contribution in [1.82, 2.24) is 5.32 Å². The van der Waals surface area contributed by atoms with Crippen LogP contribution in [0.15, 0.2) is 23.1 Å². The summed E-state index contributed by atoms with van der Waals surface area (Å²) in [6, 6.07) is 5.71. The summed E-state index contributed by atoms with van der Waals surface area (Å²) >= 11 is 4.30. The van der Waals surface area contributed by atoms with Crippen LogP contribution in [0.5, 0.6) is 0 Å². The van der Waals surface area contributed by atoms with Gasteiger partial charge in [0.15, 0.2) is 0 Å². The Kier molecular flexibility index (Phi) is 4.00. The summed E-state index contributed by atoms with van der Waals surface area (Å²) < 4.78 is 0. The van der Waals surface area contributed by atoms with Crippen LogP contribution in [0.25, 0.3) is 0 Å². The Morgan fingerprint density at radius 3 is 2.61 bits per heavy atom. The highest BCUT2D eigenvalue weighted by Gasteiger charge is 2.28. The number of rotatable bonds is 2. The van der Waals surface area contributed by atoms with Gasteiger partial charge in [-0.1, -0.05) is 25.3 Å². The van der Waals surface area contributed by atoms with Crippen LogP contribution in [0.4, 0.5) is 0 Å². The minimum atomic E-state index is -0.0334. The van der Waals surface area contributed by atoms with Crippen molar-refractivity contribution in [3.63, 3.8) is 0 Å². The molecular formula is C15H21NOS. The van der Waals surface area contributed by atoms with Crippen LogP contribution >= 0.6 is 12.6 Å². The minimum absolute atomic E-state index is 0.0334. The lowest BCUT2D eigenvalue weighted by atomic mass is 9.83. The van der Waals surface area contributed by atoms with Crippen molar-refractivity contribution in [3.05, 3.63) is 29.3 Å². The Balaban J connectivity index is 2.14. The van der Waals surface area contributed by atoms with E-state index in [1.54, 1.807) is 0 Å². The summed E-state index contributed by atoms with van der Waals surface area (Å²) in [4.78, 5) is 13.2. The summed E-state index contributed by atoms with van der Waals surface area (Å²) in [7, 11) is 0. The fraction of sp³-hybridized carbons (Fsp3) is 0.533. The van der Waals surface area contributed by atoms with Crippen molar-refractivity contribution in [1.29, 1.82) is 0 Å². The van der Waals surface area contributed by atoms with Gasteiger partial charge in [-0.15, -0.1) is 12.6 Å². The van der Waals surface area contributed by atoms with E-state index in [0.717, 1.165) is 28.9 Å². The summed E-state index contributed by atoms with van der Waals surface area (Å²) in [6.07, 6.45) is 5.87. The second-order valence-corrected chi connectivity index (χ2v) is 6.09.